The summed E-state index contributed by atoms with van der Waals surface area (Å²) in [6.45, 7) is 7.21. The lowest BCUT2D eigenvalue weighted by molar-refractivity contribution is -0.118. The Morgan fingerprint density at radius 1 is 1.07 bits per heavy atom. The predicted octanol–water partition coefficient (Wildman–Crippen LogP) is 3.92. The Morgan fingerprint density at radius 2 is 1.70 bits per heavy atom. The van der Waals surface area contributed by atoms with E-state index in [4.69, 9.17) is 11.6 Å². The number of benzene rings is 2. The number of aliphatic imine (C=N–C) groups is 1. The third-order valence-electron chi connectivity index (χ3n) is 4.83. The normalized spacial score (nSPS) is 16.9. The number of nitrogens with zero attached hydrogens (tertiary/aromatic N) is 3. The van der Waals surface area contributed by atoms with Crippen molar-refractivity contribution in [1.29, 1.82) is 0 Å². The Bertz CT molecular complexity index is 851. The molecule has 0 saturated heterocycles. The van der Waals surface area contributed by atoms with Crippen LogP contribution in [-0.4, -0.2) is 48.2 Å². The lowest BCUT2D eigenvalue weighted by Gasteiger charge is -2.27. The van der Waals surface area contributed by atoms with Crippen LogP contribution in [0.4, 0.5) is 10.1 Å². The first-order chi connectivity index (χ1) is 13.1. The van der Waals surface area contributed by atoms with E-state index in [2.05, 4.69) is 23.7 Å². The van der Waals surface area contributed by atoms with Crippen LogP contribution in [0.15, 0.2) is 53.5 Å². The summed E-state index contributed by atoms with van der Waals surface area (Å²) in [5.41, 5.74) is 1.07. The second-order valence-electron chi connectivity index (χ2n) is 6.33. The van der Waals surface area contributed by atoms with Crippen molar-refractivity contribution >= 4 is 28.9 Å². The van der Waals surface area contributed by atoms with E-state index in [9.17, 15) is 9.18 Å². The van der Waals surface area contributed by atoms with Gasteiger partial charge in [-0.3, -0.25) is 9.79 Å². The Kier molecular flexibility index (Phi) is 6.24. The highest BCUT2D eigenvalue weighted by Crippen LogP contribution is 2.30. The van der Waals surface area contributed by atoms with Gasteiger partial charge in [0.1, 0.15) is 5.82 Å². The first-order valence-electron chi connectivity index (χ1n) is 9.16. The lowest BCUT2D eigenvalue weighted by Crippen LogP contribution is -2.41. The van der Waals surface area contributed by atoms with E-state index in [1.165, 1.54) is 6.07 Å². The summed E-state index contributed by atoms with van der Waals surface area (Å²) in [7, 11) is 0. The summed E-state index contributed by atoms with van der Waals surface area (Å²) in [4.78, 5) is 21.2. The zero-order valence-corrected chi connectivity index (χ0v) is 16.3. The summed E-state index contributed by atoms with van der Waals surface area (Å²) < 4.78 is 14.4. The van der Waals surface area contributed by atoms with Crippen LogP contribution in [0.25, 0.3) is 0 Å². The third kappa shape index (κ3) is 4.04. The molecule has 0 fully saturated rings. The number of likely N-dealkylation sites (N-methyl/N-ethyl adjacent to an activating group) is 1. The molecule has 27 heavy (non-hydrogen) atoms. The average molecular weight is 388 g/mol. The molecule has 1 aliphatic rings. The van der Waals surface area contributed by atoms with Gasteiger partial charge in [-0.25, -0.2) is 4.39 Å². The Morgan fingerprint density at radius 3 is 2.37 bits per heavy atom. The van der Waals surface area contributed by atoms with Crippen LogP contribution >= 0.6 is 11.6 Å². The standard InChI is InChI=1S/C21H23ClFN3O/c1-3-25(4-2)13-14-26-18-12-8-6-10-16(18)19(24-20(22)21(26)27)15-9-5-7-11-17(15)23/h5-12,20H,3-4,13-14H2,1-2H3. The summed E-state index contributed by atoms with van der Waals surface area (Å²) in [6, 6.07) is 13.9. The quantitative estimate of drug-likeness (QED) is 0.556. The van der Waals surface area contributed by atoms with Crippen LogP contribution in [0.3, 0.4) is 0 Å². The number of benzodiazepines with no additional fused rings is 1. The van der Waals surface area contributed by atoms with E-state index < -0.39 is 5.50 Å². The van der Waals surface area contributed by atoms with Crippen molar-refractivity contribution in [2.75, 3.05) is 31.1 Å². The molecule has 1 amide bonds. The van der Waals surface area contributed by atoms with Crippen LogP contribution < -0.4 is 4.90 Å². The molecule has 6 heteroatoms. The van der Waals surface area contributed by atoms with Crippen molar-refractivity contribution in [3.63, 3.8) is 0 Å². The van der Waals surface area contributed by atoms with Crippen LogP contribution in [-0.2, 0) is 4.79 Å². The van der Waals surface area contributed by atoms with Gasteiger partial charge in [0, 0.05) is 24.2 Å². The number of fused-ring (bicyclic) bond motifs is 1. The molecule has 1 aliphatic heterocycles. The van der Waals surface area contributed by atoms with Gasteiger partial charge in [-0.2, -0.15) is 0 Å². The van der Waals surface area contributed by atoms with Crippen molar-refractivity contribution in [3.05, 3.63) is 65.5 Å². The topological polar surface area (TPSA) is 35.9 Å². The molecule has 3 rings (SSSR count). The second kappa shape index (κ2) is 8.63. The number of carbonyl (C=O) groups excluding carboxylic acids is 1. The Balaban J connectivity index is 2.06. The number of anilines is 1. The molecule has 0 spiro atoms. The molecule has 2 aromatic carbocycles. The molecule has 0 radical (unpaired) electrons. The summed E-state index contributed by atoms with van der Waals surface area (Å²) in [5, 5.41) is 0. The zero-order chi connectivity index (χ0) is 19.4. The molecule has 0 bridgehead atoms. The van der Waals surface area contributed by atoms with Crippen LogP contribution in [0.5, 0.6) is 0 Å². The van der Waals surface area contributed by atoms with Crippen molar-refractivity contribution in [1.82, 2.24) is 4.90 Å². The van der Waals surface area contributed by atoms with Gasteiger partial charge in [0.15, 0.2) is 0 Å². The van der Waals surface area contributed by atoms with E-state index in [0.717, 1.165) is 19.6 Å². The Hall–Kier alpha value is -2.24. The average Bonchev–Trinajstić information content (AvgIpc) is 2.79. The zero-order valence-electron chi connectivity index (χ0n) is 15.5. The maximum absolute atomic E-state index is 14.4. The smallest absolute Gasteiger partial charge is 0.267 e. The van der Waals surface area contributed by atoms with E-state index in [0.29, 0.717) is 29.1 Å². The van der Waals surface area contributed by atoms with Crippen molar-refractivity contribution in [2.24, 2.45) is 4.99 Å². The first-order valence-corrected chi connectivity index (χ1v) is 9.60. The number of para-hydroxylation sites is 1. The van der Waals surface area contributed by atoms with Gasteiger partial charge in [0.05, 0.1) is 11.4 Å². The number of halogens is 2. The first kappa shape index (κ1) is 19.5. The fourth-order valence-corrected chi connectivity index (χ4v) is 3.49. The van der Waals surface area contributed by atoms with Gasteiger partial charge < -0.3 is 9.80 Å². The molecule has 0 aliphatic carbocycles. The highest BCUT2D eigenvalue weighted by atomic mass is 35.5. The minimum Gasteiger partial charge on any atom is -0.308 e. The van der Waals surface area contributed by atoms with Gasteiger partial charge in [0.25, 0.3) is 5.91 Å². The summed E-state index contributed by atoms with van der Waals surface area (Å²) >= 11 is 6.32. The van der Waals surface area contributed by atoms with Gasteiger partial charge in [0.2, 0.25) is 5.50 Å². The Labute approximate surface area is 164 Å². The van der Waals surface area contributed by atoms with E-state index in [1.807, 2.05) is 24.3 Å². The molecule has 0 saturated carbocycles. The number of alkyl halides is 1. The number of hydrogen-bond donors (Lipinski definition) is 0. The SMILES string of the molecule is CCN(CC)CCN1C(=O)C(Cl)N=C(c2ccccc2F)c2ccccc21. The summed E-state index contributed by atoms with van der Waals surface area (Å²) in [5.74, 6) is -0.679. The molecule has 142 valence electrons. The van der Waals surface area contributed by atoms with E-state index >= 15 is 0 Å². The van der Waals surface area contributed by atoms with E-state index in [1.54, 1.807) is 23.1 Å². The van der Waals surface area contributed by atoms with Crippen molar-refractivity contribution in [3.8, 4) is 0 Å². The minimum atomic E-state index is -1.09. The minimum absolute atomic E-state index is 0.289. The van der Waals surface area contributed by atoms with Gasteiger partial charge in [-0.1, -0.05) is 55.8 Å². The molecule has 4 nitrogen and oxygen atoms in total. The van der Waals surface area contributed by atoms with Crippen LogP contribution in [0.2, 0.25) is 0 Å². The molecule has 0 aromatic heterocycles. The predicted molar refractivity (Wildman–Crippen MR) is 108 cm³/mol. The highest BCUT2D eigenvalue weighted by Gasteiger charge is 2.31. The molecule has 1 atom stereocenters. The number of amides is 1. The van der Waals surface area contributed by atoms with Gasteiger partial charge in [-0.05, 0) is 31.3 Å². The number of hydrogen-bond acceptors (Lipinski definition) is 3. The number of carbonyl (C=O) groups is 1. The van der Waals surface area contributed by atoms with Crippen molar-refractivity contribution in [2.45, 2.75) is 19.3 Å². The molecule has 0 N–H and O–H groups in total. The van der Waals surface area contributed by atoms with Gasteiger partial charge in [-0.15, -0.1) is 0 Å². The molecular formula is C21H23ClFN3O. The second-order valence-corrected chi connectivity index (χ2v) is 6.74. The number of rotatable bonds is 6. The fourth-order valence-electron chi connectivity index (χ4n) is 3.27. The van der Waals surface area contributed by atoms with Crippen molar-refractivity contribution < 1.29 is 9.18 Å². The molecule has 1 unspecified atom stereocenters. The van der Waals surface area contributed by atoms with E-state index in [-0.39, 0.29) is 11.7 Å². The lowest BCUT2D eigenvalue weighted by atomic mass is 10.00. The maximum atomic E-state index is 14.4. The molecule has 1 heterocycles. The van der Waals surface area contributed by atoms with Crippen LogP contribution in [0, 0.1) is 5.82 Å². The summed E-state index contributed by atoms with van der Waals surface area (Å²) in [6.07, 6.45) is 0. The maximum Gasteiger partial charge on any atom is 0.267 e. The molecule has 2 aromatic rings. The largest absolute Gasteiger partial charge is 0.308 e. The fraction of sp³-hybridized carbons (Fsp3) is 0.333. The third-order valence-corrected chi connectivity index (χ3v) is 5.11. The monoisotopic (exact) mass is 387 g/mol. The van der Waals surface area contributed by atoms with Crippen LogP contribution in [0.1, 0.15) is 25.0 Å². The highest BCUT2D eigenvalue weighted by molar-refractivity contribution is 6.35. The molecular weight excluding hydrogens is 365 g/mol. The van der Waals surface area contributed by atoms with Gasteiger partial charge >= 0.3 is 0 Å².